The number of pyridine rings is 2. The largest absolute Gasteiger partial charge is 0.350 e. The number of nitrogens with one attached hydrogen (secondary N) is 1. The highest BCUT2D eigenvalue weighted by molar-refractivity contribution is 6.30. The smallest absolute Gasteiger partial charge is 0.244 e. The van der Waals surface area contributed by atoms with Gasteiger partial charge in [-0.1, -0.05) is 17.7 Å². The lowest BCUT2D eigenvalue weighted by atomic mass is 9.79. The molecule has 2 amide bonds. The molecule has 10 heteroatoms. The van der Waals surface area contributed by atoms with Gasteiger partial charge < -0.3 is 15.1 Å². The summed E-state index contributed by atoms with van der Waals surface area (Å²) in [6.07, 6.45) is 5.77. The standard InChI is InChI=1S/C27H24ClF2N5O2/c1-14-25-18(6-3-9-31-25)24-21(12-22(33-26(24)30)35-16-4-2-5-17(35)11-16)34(27(14)37)13-23(36)32-15-7-8-19(28)20(29)10-15/h3,6-10,12,14,16-17H,2,4-5,11,13H2,1H3,(H,32,36). The van der Waals surface area contributed by atoms with Gasteiger partial charge in [-0.2, -0.15) is 4.39 Å². The van der Waals surface area contributed by atoms with Crippen LogP contribution < -0.4 is 15.1 Å². The molecule has 0 spiro atoms. The summed E-state index contributed by atoms with van der Waals surface area (Å²) < 4.78 is 29.7. The lowest BCUT2D eigenvalue weighted by Gasteiger charge is -2.53. The van der Waals surface area contributed by atoms with E-state index in [0.717, 1.165) is 31.7 Å². The molecule has 7 nitrogen and oxygen atoms in total. The first kappa shape index (κ1) is 23.8. The second-order valence-electron chi connectivity index (χ2n) is 9.81. The van der Waals surface area contributed by atoms with Crippen molar-refractivity contribution in [1.29, 1.82) is 0 Å². The number of nitrogens with zero attached hydrogens (tertiary/aromatic N) is 4. The fourth-order valence-corrected chi connectivity index (χ4v) is 5.90. The van der Waals surface area contributed by atoms with Crippen LogP contribution in [0.3, 0.4) is 0 Å². The number of hydrogen-bond donors (Lipinski definition) is 1. The maximum atomic E-state index is 15.8. The van der Waals surface area contributed by atoms with E-state index >= 15 is 4.39 Å². The number of halogens is 3. The van der Waals surface area contributed by atoms with Gasteiger partial charge in [-0.15, -0.1) is 0 Å². The third-order valence-electron chi connectivity index (χ3n) is 7.56. The third kappa shape index (κ3) is 4.01. The van der Waals surface area contributed by atoms with Gasteiger partial charge in [-0.3, -0.25) is 14.6 Å². The van der Waals surface area contributed by atoms with Crippen LogP contribution >= 0.6 is 11.6 Å². The molecule has 0 saturated carbocycles. The maximum Gasteiger partial charge on any atom is 0.244 e. The monoisotopic (exact) mass is 523 g/mol. The van der Waals surface area contributed by atoms with Crippen molar-refractivity contribution in [2.75, 3.05) is 21.7 Å². The van der Waals surface area contributed by atoms with Crippen LogP contribution in [-0.4, -0.2) is 40.4 Å². The van der Waals surface area contributed by atoms with E-state index in [-0.39, 0.29) is 22.0 Å². The molecule has 0 radical (unpaired) electrons. The van der Waals surface area contributed by atoms with E-state index in [1.54, 1.807) is 31.3 Å². The van der Waals surface area contributed by atoms with E-state index in [1.165, 1.54) is 17.0 Å². The van der Waals surface area contributed by atoms with Gasteiger partial charge in [0, 0.05) is 35.6 Å². The second kappa shape index (κ2) is 9.06. The highest BCUT2D eigenvalue weighted by atomic mass is 35.5. The number of rotatable bonds is 4. The number of aromatic nitrogens is 2. The SMILES string of the molecule is CC1C(=O)N(CC(=O)Nc2ccc(Cl)c(F)c2)c2cc(N3C4CCCC3C4)nc(F)c2-c2cccnc21. The molecule has 2 bridgehead atoms. The number of benzene rings is 1. The summed E-state index contributed by atoms with van der Waals surface area (Å²) in [6.45, 7) is 1.29. The molecule has 2 aromatic heterocycles. The Morgan fingerprint density at radius 1 is 1.19 bits per heavy atom. The zero-order chi connectivity index (χ0) is 25.8. The molecule has 37 heavy (non-hydrogen) atoms. The minimum Gasteiger partial charge on any atom is -0.350 e. The molecular formula is C27H24ClF2N5O2. The quantitative estimate of drug-likeness (QED) is 0.470. The summed E-state index contributed by atoms with van der Waals surface area (Å²) in [7, 11) is 0. The summed E-state index contributed by atoms with van der Waals surface area (Å²) in [6, 6.07) is 9.62. The van der Waals surface area contributed by atoms with E-state index in [4.69, 9.17) is 11.6 Å². The second-order valence-corrected chi connectivity index (χ2v) is 10.2. The molecule has 5 heterocycles. The van der Waals surface area contributed by atoms with Crippen molar-refractivity contribution in [1.82, 2.24) is 9.97 Å². The Kier molecular flexibility index (Phi) is 5.82. The molecule has 2 saturated heterocycles. The van der Waals surface area contributed by atoms with E-state index in [9.17, 15) is 14.0 Å². The van der Waals surface area contributed by atoms with Gasteiger partial charge in [0.15, 0.2) is 0 Å². The number of fused-ring (bicyclic) bond motifs is 5. The van der Waals surface area contributed by atoms with E-state index in [1.807, 2.05) is 0 Å². The number of anilines is 3. The fraction of sp³-hybridized carbons (Fsp3) is 0.333. The average Bonchev–Trinajstić information content (AvgIpc) is 2.96. The van der Waals surface area contributed by atoms with Crippen LogP contribution in [0.5, 0.6) is 0 Å². The topological polar surface area (TPSA) is 78.4 Å². The molecule has 3 unspecified atom stereocenters. The molecule has 2 fully saturated rings. The van der Waals surface area contributed by atoms with Crippen LogP contribution in [-0.2, 0) is 9.59 Å². The predicted molar refractivity (Wildman–Crippen MR) is 137 cm³/mol. The molecule has 3 aliphatic heterocycles. The zero-order valence-electron chi connectivity index (χ0n) is 20.0. The van der Waals surface area contributed by atoms with Crippen LogP contribution in [0.15, 0.2) is 42.6 Å². The Balaban J connectivity index is 1.42. The van der Waals surface area contributed by atoms with E-state index in [0.29, 0.717) is 29.2 Å². The first-order valence-electron chi connectivity index (χ1n) is 12.3. The summed E-state index contributed by atoms with van der Waals surface area (Å²) in [4.78, 5) is 38.9. The number of amides is 2. The Hall–Kier alpha value is -3.59. The van der Waals surface area contributed by atoms with Gasteiger partial charge in [0.25, 0.3) is 0 Å². The first-order chi connectivity index (χ1) is 17.8. The summed E-state index contributed by atoms with van der Waals surface area (Å²) in [5.41, 5.74) is 1.50. The summed E-state index contributed by atoms with van der Waals surface area (Å²) in [5, 5.41) is 2.54. The minimum absolute atomic E-state index is 0.0695. The molecule has 3 atom stereocenters. The van der Waals surface area contributed by atoms with Crippen LogP contribution in [0.2, 0.25) is 5.02 Å². The maximum absolute atomic E-state index is 15.8. The first-order valence-corrected chi connectivity index (χ1v) is 12.7. The molecule has 1 N–H and O–H groups in total. The molecule has 1 aromatic carbocycles. The Morgan fingerprint density at radius 3 is 2.70 bits per heavy atom. The normalized spacial score (nSPS) is 22.1. The van der Waals surface area contributed by atoms with Crippen molar-refractivity contribution in [3.8, 4) is 11.1 Å². The van der Waals surface area contributed by atoms with Gasteiger partial charge >= 0.3 is 0 Å². The van der Waals surface area contributed by atoms with E-state index < -0.39 is 36.0 Å². The van der Waals surface area contributed by atoms with Gasteiger partial charge in [0.2, 0.25) is 17.8 Å². The molecular weight excluding hydrogens is 500 g/mol. The van der Waals surface area contributed by atoms with Crippen molar-refractivity contribution < 1.29 is 18.4 Å². The van der Waals surface area contributed by atoms with Crippen LogP contribution in [0.4, 0.5) is 26.0 Å². The van der Waals surface area contributed by atoms with Crippen LogP contribution in [0.1, 0.15) is 44.2 Å². The van der Waals surface area contributed by atoms with Gasteiger partial charge in [-0.25, -0.2) is 9.37 Å². The van der Waals surface area contributed by atoms with Crippen molar-refractivity contribution in [2.24, 2.45) is 0 Å². The number of carbonyl (C=O) groups excluding carboxylic acids is 2. The van der Waals surface area contributed by atoms with Gasteiger partial charge in [0.1, 0.15) is 18.2 Å². The average molecular weight is 524 g/mol. The molecule has 190 valence electrons. The summed E-state index contributed by atoms with van der Waals surface area (Å²) in [5.74, 6) is -2.60. The van der Waals surface area contributed by atoms with E-state index in [2.05, 4.69) is 20.2 Å². The van der Waals surface area contributed by atoms with Crippen molar-refractivity contribution >= 4 is 40.6 Å². The lowest BCUT2D eigenvalue weighted by molar-refractivity contribution is -0.122. The molecule has 0 aliphatic carbocycles. The zero-order valence-corrected chi connectivity index (χ0v) is 20.8. The number of carbonyl (C=O) groups is 2. The Bertz CT molecular complexity index is 1420. The molecule has 3 aromatic rings. The fourth-order valence-electron chi connectivity index (χ4n) is 5.79. The molecule has 3 aliphatic rings. The third-order valence-corrected chi connectivity index (χ3v) is 7.87. The van der Waals surface area contributed by atoms with Gasteiger partial charge in [0.05, 0.1) is 27.9 Å². The minimum atomic E-state index is -0.726. The highest BCUT2D eigenvalue weighted by Gasteiger charge is 2.43. The Labute approximate surface area is 217 Å². The van der Waals surface area contributed by atoms with Gasteiger partial charge in [-0.05, 0) is 56.9 Å². The van der Waals surface area contributed by atoms with Crippen LogP contribution in [0.25, 0.3) is 11.1 Å². The van der Waals surface area contributed by atoms with Crippen LogP contribution in [0, 0.1) is 11.8 Å². The highest BCUT2D eigenvalue weighted by Crippen LogP contribution is 2.46. The summed E-state index contributed by atoms with van der Waals surface area (Å²) >= 11 is 5.74. The lowest BCUT2D eigenvalue weighted by Crippen LogP contribution is -2.59. The van der Waals surface area contributed by atoms with Crippen molar-refractivity contribution in [3.63, 3.8) is 0 Å². The number of hydrogen-bond acceptors (Lipinski definition) is 5. The van der Waals surface area contributed by atoms with Crippen molar-refractivity contribution in [2.45, 2.75) is 50.6 Å². The Morgan fingerprint density at radius 2 is 1.97 bits per heavy atom. The number of piperidine rings is 1. The molecule has 6 rings (SSSR count). The predicted octanol–water partition coefficient (Wildman–Crippen LogP) is 5.30. The van der Waals surface area contributed by atoms with Crippen molar-refractivity contribution in [3.05, 3.63) is 65.1 Å².